The molecule has 0 saturated carbocycles. The summed E-state index contributed by atoms with van der Waals surface area (Å²) in [7, 11) is 4.48. The summed E-state index contributed by atoms with van der Waals surface area (Å²) in [4.78, 5) is 35.9. The van der Waals surface area contributed by atoms with Gasteiger partial charge in [0.1, 0.15) is 6.04 Å². The molecule has 0 radical (unpaired) electrons. The Morgan fingerprint density at radius 2 is 1.24 bits per heavy atom. The summed E-state index contributed by atoms with van der Waals surface area (Å²) in [6, 6.07) is 32.5. The lowest BCUT2D eigenvalue weighted by molar-refractivity contribution is -0.185. The van der Waals surface area contributed by atoms with E-state index >= 15 is 0 Å². The summed E-state index contributed by atoms with van der Waals surface area (Å²) in [5, 5.41) is 1.51. The van der Waals surface area contributed by atoms with Crippen molar-refractivity contribution in [3.63, 3.8) is 0 Å². The van der Waals surface area contributed by atoms with Crippen molar-refractivity contribution >= 4 is 11.9 Å². The number of hydroxylamine groups is 2. The molecule has 0 bridgehead atoms. The van der Waals surface area contributed by atoms with Gasteiger partial charge in [0.15, 0.2) is 11.5 Å². The Hall–Kier alpha value is -4.82. The van der Waals surface area contributed by atoms with Gasteiger partial charge < -0.3 is 23.9 Å². The van der Waals surface area contributed by atoms with Gasteiger partial charge >= 0.3 is 5.97 Å². The van der Waals surface area contributed by atoms with Gasteiger partial charge in [-0.25, -0.2) is 4.79 Å². The zero-order chi connectivity index (χ0) is 31.6. The lowest BCUT2D eigenvalue weighted by Crippen LogP contribution is -2.56. The zero-order valence-corrected chi connectivity index (χ0v) is 26.1. The van der Waals surface area contributed by atoms with Gasteiger partial charge in [-0.15, -0.1) is 5.06 Å². The second-order valence-corrected chi connectivity index (χ2v) is 11.0. The van der Waals surface area contributed by atoms with E-state index in [0.29, 0.717) is 30.3 Å². The molecule has 1 amide bonds. The Balaban J connectivity index is 1.40. The molecule has 1 atom stereocenters. The van der Waals surface area contributed by atoms with Gasteiger partial charge in [-0.05, 0) is 54.5 Å². The molecule has 0 aliphatic carbocycles. The number of hydrogen-bond donors (Lipinski definition) is 0. The molecule has 0 N–H and O–H groups in total. The fourth-order valence-electron chi connectivity index (χ4n) is 5.90. The molecule has 0 aromatic heterocycles. The monoisotopic (exact) mass is 608 g/mol. The average Bonchev–Trinajstić information content (AvgIpc) is 3.09. The number of methoxy groups -OCH3 is 3. The maximum absolute atomic E-state index is 14.4. The highest BCUT2D eigenvalue weighted by molar-refractivity contribution is 5.91. The van der Waals surface area contributed by atoms with Gasteiger partial charge in [-0.3, -0.25) is 4.79 Å². The first-order valence-corrected chi connectivity index (χ1v) is 15.2. The van der Waals surface area contributed by atoms with E-state index in [1.807, 2.05) is 71.6 Å². The van der Waals surface area contributed by atoms with Gasteiger partial charge in [0.05, 0.1) is 33.4 Å². The summed E-state index contributed by atoms with van der Waals surface area (Å²) in [5.41, 5.74) is 3.46. The molecular formula is C37H40N2O6. The molecule has 4 aromatic carbocycles. The Bertz CT molecular complexity index is 1480. The molecule has 4 aromatic rings. The Labute approximate surface area is 265 Å². The van der Waals surface area contributed by atoms with Crippen molar-refractivity contribution in [3.05, 3.63) is 125 Å². The standard InChI is InChI=1S/C37H40N2O6/c1-42-32-25-30(26-33(43-2)35(32)44-3)37(41)45-39-24-23-38(36(40)34(39)29-17-11-6-12-18-29)31(21-19-27-13-7-4-8-14-27)22-20-28-15-9-5-10-16-28/h4-18,25-26,31,34H,19-24H2,1-3H3. The third-order valence-electron chi connectivity index (χ3n) is 8.24. The summed E-state index contributed by atoms with van der Waals surface area (Å²) in [5.74, 6) is 0.338. The Kier molecular flexibility index (Phi) is 10.7. The van der Waals surface area contributed by atoms with Crippen molar-refractivity contribution < 1.29 is 28.6 Å². The van der Waals surface area contributed by atoms with E-state index in [0.717, 1.165) is 31.2 Å². The highest BCUT2D eigenvalue weighted by Gasteiger charge is 2.41. The molecule has 234 valence electrons. The topological polar surface area (TPSA) is 77.5 Å². The van der Waals surface area contributed by atoms with Crippen molar-refractivity contribution in [1.82, 2.24) is 9.96 Å². The molecule has 1 saturated heterocycles. The van der Waals surface area contributed by atoms with E-state index < -0.39 is 12.0 Å². The van der Waals surface area contributed by atoms with Gasteiger partial charge in [0.2, 0.25) is 11.7 Å². The zero-order valence-electron chi connectivity index (χ0n) is 26.1. The van der Waals surface area contributed by atoms with Crippen LogP contribution in [0.25, 0.3) is 0 Å². The van der Waals surface area contributed by atoms with Crippen LogP contribution >= 0.6 is 0 Å². The number of nitrogens with zero attached hydrogens (tertiary/aromatic N) is 2. The van der Waals surface area contributed by atoms with E-state index in [1.165, 1.54) is 37.5 Å². The largest absolute Gasteiger partial charge is 0.493 e. The minimum atomic E-state index is -0.790. The van der Waals surface area contributed by atoms with Crippen molar-refractivity contribution in [1.29, 1.82) is 0 Å². The predicted octanol–water partition coefficient (Wildman–Crippen LogP) is 6.30. The summed E-state index contributed by atoms with van der Waals surface area (Å²) < 4.78 is 16.3. The smallest absolute Gasteiger partial charge is 0.357 e. The summed E-state index contributed by atoms with van der Waals surface area (Å²) >= 11 is 0. The third kappa shape index (κ3) is 7.64. The minimum absolute atomic E-state index is 0.0112. The van der Waals surface area contributed by atoms with Crippen LogP contribution < -0.4 is 14.2 Å². The van der Waals surface area contributed by atoms with Gasteiger partial charge in [0, 0.05) is 12.6 Å². The molecule has 1 fully saturated rings. The first-order valence-electron chi connectivity index (χ1n) is 15.2. The molecule has 1 unspecified atom stereocenters. The van der Waals surface area contributed by atoms with Crippen molar-refractivity contribution in [2.75, 3.05) is 34.4 Å². The quantitative estimate of drug-likeness (QED) is 0.176. The molecule has 1 aliphatic rings. The van der Waals surface area contributed by atoms with E-state index in [4.69, 9.17) is 19.0 Å². The van der Waals surface area contributed by atoms with Crippen LogP contribution in [0.15, 0.2) is 103 Å². The molecular weight excluding hydrogens is 568 g/mol. The minimum Gasteiger partial charge on any atom is -0.493 e. The number of rotatable bonds is 13. The second-order valence-electron chi connectivity index (χ2n) is 11.0. The van der Waals surface area contributed by atoms with Crippen LogP contribution in [0.5, 0.6) is 17.2 Å². The molecule has 45 heavy (non-hydrogen) atoms. The van der Waals surface area contributed by atoms with Crippen molar-refractivity contribution in [2.45, 2.75) is 37.8 Å². The number of carbonyl (C=O) groups excluding carboxylic acids is 2. The van der Waals surface area contributed by atoms with Crippen LogP contribution in [0.4, 0.5) is 0 Å². The normalized spacial score (nSPS) is 15.2. The number of carbonyl (C=O) groups is 2. The average molecular weight is 609 g/mol. The van der Waals surface area contributed by atoms with Crippen LogP contribution in [0, 0.1) is 0 Å². The van der Waals surface area contributed by atoms with Crippen LogP contribution in [0.3, 0.4) is 0 Å². The highest BCUT2D eigenvalue weighted by Crippen LogP contribution is 2.39. The van der Waals surface area contributed by atoms with E-state index in [2.05, 4.69) is 24.3 Å². The van der Waals surface area contributed by atoms with E-state index in [-0.39, 0.29) is 17.5 Å². The van der Waals surface area contributed by atoms with Crippen LogP contribution in [-0.2, 0) is 22.5 Å². The van der Waals surface area contributed by atoms with Crippen LogP contribution in [0.2, 0.25) is 0 Å². The number of benzene rings is 4. The molecule has 0 spiro atoms. The summed E-state index contributed by atoms with van der Waals surface area (Å²) in [6.07, 6.45) is 3.38. The number of ether oxygens (including phenoxy) is 3. The SMILES string of the molecule is COc1cc(C(=O)ON2CCN(C(CCc3ccccc3)CCc3ccccc3)C(=O)C2c2ccccc2)cc(OC)c1OC. The van der Waals surface area contributed by atoms with Crippen LogP contribution in [0.1, 0.15) is 45.9 Å². The number of hydrogen-bond acceptors (Lipinski definition) is 7. The maximum Gasteiger partial charge on any atom is 0.357 e. The highest BCUT2D eigenvalue weighted by atomic mass is 16.7. The van der Waals surface area contributed by atoms with E-state index in [1.54, 1.807) is 12.1 Å². The van der Waals surface area contributed by atoms with Crippen LogP contribution in [-0.4, -0.2) is 62.3 Å². The van der Waals surface area contributed by atoms with Crippen molar-refractivity contribution in [3.8, 4) is 17.2 Å². The third-order valence-corrected chi connectivity index (χ3v) is 8.24. The lowest BCUT2D eigenvalue weighted by Gasteiger charge is -2.43. The first kappa shape index (κ1) is 31.6. The van der Waals surface area contributed by atoms with E-state index in [9.17, 15) is 9.59 Å². The second kappa shape index (κ2) is 15.3. The van der Waals surface area contributed by atoms with Gasteiger partial charge in [0.25, 0.3) is 0 Å². The van der Waals surface area contributed by atoms with Gasteiger partial charge in [-0.1, -0.05) is 91.0 Å². The Morgan fingerprint density at radius 1 is 0.733 bits per heavy atom. The number of aryl methyl sites for hydroxylation is 2. The maximum atomic E-state index is 14.4. The number of amides is 1. The molecule has 1 aliphatic heterocycles. The fourth-order valence-corrected chi connectivity index (χ4v) is 5.90. The van der Waals surface area contributed by atoms with Crippen molar-refractivity contribution in [2.24, 2.45) is 0 Å². The Morgan fingerprint density at radius 3 is 1.73 bits per heavy atom. The lowest BCUT2D eigenvalue weighted by atomic mass is 9.95. The molecule has 8 heteroatoms. The first-order chi connectivity index (χ1) is 22.0. The molecule has 8 nitrogen and oxygen atoms in total. The summed E-state index contributed by atoms with van der Waals surface area (Å²) in [6.45, 7) is 0.785. The molecule has 5 rings (SSSR count). The number of piperazine rings is 1. The fraction of sp³-hybridized carbons (Fsp3) is 0.297. The van der Waals surface area contributed by atoms with Gasteiger partial charge in [-0.2, -0.15) is 0 Å². The predicted molar refractivity (Wildman–Crippen MR) is 172 cm³/mol. The molecule has 1 heterocycles.